The number of nitrogens with one attached hydrogen (secondary N) is 2. The van der Waals surface area contributed by atoms with Crippen molar-refractivity contribution >= 4 is 17.1 Å². The van der Waals surface area contributed by atoms with Crippen molar-refractivity contribution < 1.29 is 9.53 Å². The van der Waals surface area contributed by atoms with Crippen LogP contribution in [0.4, 0.5) is 0 Å². The first-order chi connectivity index (χ1) is 14.4. The summed E-state index contributed by atoms with van der Waals surface area (Å²) in [5.41, 5.74) is 3.06. The molecule has 2 aliphatic carbocycles. The molecule has 30 heavy (non-hydrogen) atoms. The lowest BCUT2D eigenvalue weighted by Crippen LogP contribution is -2.40. The van der Waals surface area contributed by atoms with Gasteiger partial charge in [0.05, 0.1) is 12.6 Å². The average Bonchev–Trinajstić information content (AvgIpc) is 3.07. The van der Waals surface area contributed by atoms with Crippen molar-refractivity contribution in [3.63, 3.8) is 0 Å². The van der Waals surface area contributed by atoms with Crippen LogP contribution in [0.1, 0.15) is 52.3 Å². The summed E-state index contributed by atoms with van der Waals surface area (Å²) >= 11 is 0. The van der Waals surface area contributed by atoms with Crippen molar-refractivity contribution in [2.45, 2.75) is 52.9 Å². The van der Waals surface area contributed by atoms with Crippen molar-refractivity contribution in [3.8, 4) is 5.88 Å². The molecule has 2 heterocycles. The maximum absolute atomic E-state index is 12.3. The van der Waals surface area contributed by atoms with Gasteiger partial charge in [0.2, 0.25) is 11.8 Å². The molecule has 3 atom stereocenters. The molecule has 0 spiro atoms. The summed E-state index contributed by atoms with van der Waals surface area (Å²) in [5.74, 6) is 4.06. The summed E-state index contributed by atoms with van der Waals surface area (Å²) in [4.78, 5) is 24.9. The maximum atomic E-state index is 12.3. The number of hydrogen-bond acceptors (Lipinski definition) is 4. The van der Waals surface area contributed by atoms with Gasteiger partial charge in [-0.05, 0) is 55.9 Å². The Kier molecular flexibility index (Phi) is 6.11. The van der Waals surface area contributed by atoms with E-state index in [0.29, 0.717) is 35.2 Å². The van der Waals surface area contributed by atoms with Gasteiger partial charge >= 0.3 is 0 Å². The molecule has 4 rings (SSSR count). The number of hydrogen-bond donors (Lipinski definition) is 2. The van der Waals surface area contributed by atoms with E-state index < -0.39 is 0 Å². The highest BCUT2D eigenvalue weighted by Crippen LogP contribution is 2.39. The zero-order valence-electron chi connectivity index (χ0n) is 18.6. The van der Waals surface area contributed by atoms with Gasteiger partial charge in [0, 0.05) is 24.9 Å². The van der Waals surface area contributed by atoms with Gasteiger partial charge in [-0.1, -0.05) is 31.9 Å². The number of rotatable bonds is 7. The van der Waals surface area contributed by atoms with Crippen molar-refractivity contribution in [1.29, 1.82) is 0 Å². The highest BCUT2D eigenvalue weighted by atomic mass is 16.5. The Bertz CT molecular complexity index is 928. The lowest BCUT2D eigenvalue weighted by molar-refractivity contribution is -0.127. The van der Waals surface area contributed by atoms with Crippen LogP contribution in [0.3, 0.4) is 0 Å². The van der Waals surface area contributed by atoms with Gasteiger partial charge in [0.15, 0.2) is 5.65 Å². The lowest BCUT2D eigenvalue weighted by atomic mass is 9.69. The van der Waals surface area contributed by atoms with E-state index >= 15 is 0 Å². The zero-order chi connectivity index (χ0) is 21.3. The first-order valence-corrected chi connectivity index (χ1v) is 11.3. The zero-order valence-corrected chi connectivity index (χ0v) is 18.6. The van der Waals surface area contributed by atoms with Crippen molar-refractivity contribution in [1.82, 2.24) is 20.3 Å². The quantitative estimate of drug-likeness (QED) is 0.668. The van der Waals surface area contributed by atoms with Crippen LogP contribution in [-0.4, -0.2) is 34.5 Å². The first kappa shape index (κ1) is 20.9. The van der Waals surface area contributed by atoms with E-state index in [1.54, 1.807) is 7.11 Å². The summed E-state index contributed by atoms with van der Waals surface area (Å²) in [6, 6.07) is 3.83. The SMILES string of the molecule is COc1ccc2[nH]c(C[C@@H]3C[C@@H](C(C)C)[C@H](CNC(=O)C4CCC4)C=C3C)nc2n1. The molecule has 2 aromatic rings. The van der Waals surface area contributed by atoms with Crippen LogP contribution in [0.25, 0.3) is 11.2 Å². The molecule has 2 aliphatic rings. The second kappa shape index (κ2) is 8.78. The van der Waals surface area contributed by atoms with E-state index in [9.17, 15) is 4.79 Å². The molecule has 0 saturated heterocycles. The molecule has 0 bridgehead atoms. The number of fused-ring (bicyclic) bond motifs is 1. The number of pyridine rings is 1. The number of H-pyrrole nitrogens is 1. The third-order valence-corrected chi connectivity index (χ3v) is 7.09. The number of allylic oxidation sites excluding steroid dienone is 1. The second-order valence-electron chi connectivity index (χ2n) is 9.40. The van der Waals surface area contributed by atoms with E-state index in [1.807, 2.05) is 12.1 Å². The molecular weight excluding hydrogens is 376 g/mol. The predicted molar refractivity (Wildman–Crippen MR) is 118 cm³/mol. The summed E-state index contributed by atoms with van der Waals surface area (Å²) in [7, 11) is 1.62. The standard InChI is InChI=1S/C24H34N4O2/c1-14(2)19-11-17(12-21-26-20-8-9-22(30-4)28-23(20)27-21)15(3)10-18(19)13-25-24(29)16-6-5-7-16/h8-10,14,16-19H,5-7,11-13H2,1-4H3,(H,25,29)(H,26,27,28)/t17-,18-,19-/m0/s1. The van der Waals surface area contributed by atoms with E-state index in [0.717, 1.165) is 43.6 Å². The number of imidazole rings is 1. The minimum absolute atomic E-state index is 0.252. The Balaban J connectivity index is 1.45. The Morgan fingerprint density at radius 3 is 2.77 bits per heavy atom. The molecule has 2 aromatic heterocycles. The minimum atomic E-state index is 0.252. The molecule has 0 unspecified atom stereocenters. The number of carbonyl (C=O) groups is 1. The average molecular weight is 411 g/mol. The number of amides is 1. The highest BCUT2D eigenvalue weighted by molar-refractivity contribution is 5.79. The molecule has 0 radical (unpaired) electrons. The summed E-state index contributed by atoms with van der Waals surface area (Å²) in [5, 5.41) is 3.23. The molecule has 6 nitrogen and oxygen atoms in total. The molecular formula is C24H34N4O2. The Labute approximate surface area is 178 Å². The predicted octanol–water partition coefficient (Wildman–Crippen LogP) is 4.28. The van der Waals surface area contributed by atoms with Crippen LogP contribution in [0.15, 0.2) is 23.8 Å². The smallest absolute Gasteiger partial charge is 0.223 e. The van der Waals surface area contributed by atoms with Gasteiger partial charge in [-0.3, -0.25) is 4.79 Å². The van der Waals surface area contributed by atoms with Gasteiger partial charge in [-0.2, -0.15) is 4.98 Å². The number of methoxy groups -OCH3 is 1. The molecule has 0 aromatic carbocycles. The van der Waals surface area contributed by atoms with Crippen LogP contribution < -0.4 is 10.1 Å². The Morgan fingerprint density at radius 1 is 1.30 bits per heavy atom. The topological polar surface area (TPSA) is 79.9 Å². The second-order valence-corrected chi connectivity index (χ2v) is 9.40. The van der Waals surface area contributed by atoms with Crippen molar-refractivity contribution in [3.05, 3.63) is 29.6 Å². The van der Waals surface area contributed by atoms with Crippen molar-refractivity contribution in [2.24, 2.45) is 29.6 Å². The summed E-state index contributed by atoms with van der Waals surface area (Å²) in [6.07, 6.45) is 7.71. The molecule has 1 saturated carbocycles. The van der Waals surface area contributed by atoms with Crippen LogP contribution in [-0.2, 0) is 11.2 Å². The van der Waals surface area contributed by atoms with E-state index in [2.05, 4.69) is 42.1 Å². The molecule has 162 valence electrons. The van der Waals surface area contributed by atoms with Gasteiger partial charge in [-0.25, -0.2) is 4.98 Å². The van der Waals surface area contributed by atoms with Crippen molar-refractivity contribution in [2.75, 3.05) is 13.7 Å². The summed E-state index contributed by atoms with van der Waals surface area (Å²) in [6.45, 7) is 7.59. The van der Waals surface area contributed by atoms with Gasteiger partial charge in [-0.15, -0.1) is 0 Å². The Morgan fingerprint density at radius 2 is 2.10 bits per heavy atom. The lowest BCUT2D eigenvalue weighted by Gasteiger charge is -2.37. The van der Waals surface area contributed by atoms with Crippen LogP contribution in [0, 0.1) is 29.6 Å². The third kappa shape index (κ3) is 4.37. The number of ether oxygens (including phenoxy) is 1. The summed E-state index contributed by atoms with van der Waals surface area (Å²) < 4.78 is 5.21. The maximum Gasteiger partial charge on any atom is 0.223 e. The van der Waals surface area contributed by atoms with Gasteiger partial charge in [0.1, 0.15) is 5.82 Å². The largest absolute Gasteiger partial charge is 0.481 e. The fourth-order valence-corrected chi connectivity index (χ4v) is 4.91. The normalized spacial score (nSPS) is 24.6. The molecule has 6 heteroatoms. The van der Waals surface area contributed by atoms with Gasteiger partial charge < -0.3 is 15.0 Å². The number of nitrogens with zero attached hydrogens (tertiary/aromatic N) is 2. The van der Waals surface area contributed by atoms with Crippen LogP contribution >= 0.6 is 0 Å². The first-order valence-electron chi connectivity index (χ1n) is 11.3. The van der Waals surface area contributed by atoms with E-state index in [4.69, 9.17) is 9.72 Å². The number of aromatic nitrogens is 3. The fraction of sp³-hybridized carbons (Fsp3) is 0.625. The number of carbonyl (C=O) groups excluding carboxylic acids is 1. The number of aromatic amines is 1. The minimum Gasteiger partial charge on any atom is -0.481 e. The molecule has 1 amide bonds. The Hall–Kier alpha value is -2.37. The molecule has 2 N–H and O–H groups in total. The third-order valence-electron chi connectivity index (χ3n) is 7.09. The molecule has 0 aliphatic heterocycles. The highest BCUT2D eigenvalue weighted by Gasteiger charge is 2.33. The van der Waals surface area contributed by atoms with E-state index in [1.165, 1.54) is 12.0 Å². The monoisotopic (exact) mass is 410 g/mol. The van der Waals surface area contributed by atoms with Gasteiger partial charge in [0.25, 0.3) is 0 Å². The fourth-order valence-electron chi connectivity index (χ4n) is 4.91. The van der Waals surface area contributed by atoms with E-state index in [-0.39, 0.29) is 11.8 Å². The van der Waals surface area contributed by atoms with Crippen LogP contribution in [0.2, 0.25) is 0 Å². The van der Waals surface area contributed by atoms with Crippen LogP contribution in [0.5, 0.6) is 5.88 Å². The molecule has 1 fully saturated rings.